The molecule has 1 rings (SSSR count). The fourth-order valence-corrected chi connectivity index (χ4v) is 1.05. The van der Waals surface area contributed by atoms with Gasteiger partial charge in [0.2, 0.25) is 0 Å². The van der Waals surface area contributed by atoms with Crippen molar-refractivity contribution >= 4 is 40.0 Å². The van der Waals surface area contributed by atoms with Crippen LogP contribution in [0.3, 0.4) is 0 Å². The van der Waals surface area contributed by atoms with Gasteiger partial charge in [0, 0.05) is 10.2 Å². The van der Waals surface area contributed by atoms with Crippen molar-refractivity contribution in [2.45, 2.75) is 0 Å². The Balaban J connectivity index is 0.00000144. The lowest BCUT2D eigenvalue weighted by molar-refractivity contribution is 0.0692. The lowest BCUT2D eigenvalue weighted by Crippen LogP contribution is -2.02. The van der Waals surface area contributed by atoms with Crippen molar-refractivity contribution in [3.63, 3.8) is 0 Å². The summed E-state index contributed by atoms with van der Waals surface area (Å²) in [4.78, 5) is 10.4. The Hall–Kier alpha value is -0.810. The summed E-state index contributed by atoms with van der Waals surface area (Å²) in [6.07, 6.45) is 0. The van der Waals surface area contributed by atoms with Crippen molar-refractivity contribution in [1.29, 1.82) is 0 Å². The number of benzene rings is 1. The highest BCUT2D eigenvalue weighted by atomic mass is 79.9. The maximum Gasteiger partial charge on any atom is 0.338 e. The minimum absolute atomic E-state index is 0. The van der Waals surface area contributed by atoms with E-state index in [0.29, 0.717) is 4.47 Å². The van der Waals surface area contributed by atoms with Crippen molar-refractivity contribution in [2.24, 2.45) is 0 Å². The van der Waals surface area contributed by atoms with Crippen LogP contribution in [0.1, 0.15) is 10.4 Å². The van der Waals surface area contributed by atoms with Gasteiger partial charge in [-0.05, 0) is 28.1 Å². The zero-order valence-electron chi connectivity index (χ0n) is 6.25. The van der Waals surface area contributed by atoms with Crippen molar-refractivity contribution in [2.75, 3.05) is 5.73 Å². The highest BCUT2D eigenvalue weighted by Crippen LogP contribution is 2.22. The Morgan fingerprint density at radius 3 is 2.54 bits per heavy atom. The molecule has 0 saturated heterocycles. The highest BCUT2D eigenvalue weighted by Gasteiger charge is 2.11. The summed E-state index contributed by atoms with van der Waals surface area (Å²) < 4.78 is 13.2. The third-order valence-electron chi connectivity index (χ3n) is 1.32. The van der Waals surface area contributed by atoms with Gasteiger partial charge in [-0.1, -0.05) is 0 Å². The van der Waals surface area contributed by atoms with Gasteiger partial charge in [-0.2, -0.15) is 0 Å². The molecule has 6 heteroatoms. The van der Waals surface area contributed by atoms with Crippen LogP contribution in [0, 0.1) is 5.82 Å². The first-order valence-electron chi connectivity index (χ1n) is 3.00. The summed E-state index contributed by atoms with van der Waals surface area (Å²) in [6.45, 7) is 0. The number of halogens is 3. The third kappa shape index (κ3) is 2.57. The fraction of sp³-hybridized carbons (Fsp3) is 0. The second kappa shape index (κ2) is 4.43. The number of carboxylic acids is 1. The quantitative estimate of drug-likeness (QED) is 0.770. The topological polar surface area (TPSA) is 63.3 Å². The first kappa shape index (κ1) is 12.2. The minimum Gasteiger partial charge on any atom is -0.478 e. The van der Waals surface area contributed by atoms with Crippen molar-refractivity contribution in [1.82, 2.24) is 0 Å². The SMILES string of the molecule is Cl.Nc1cc(C(=O)O)c(F)cc1Br. The molecular formula is C7H6BrClFNO2. The van der Waals surface area contributed by atoms with Crippen LogP contribution in [0.2, 0.25) is 0 Å². The predicted octanol–water partition coefficient (Wildman–Crippen LogP) is 2.29. The predicted molar refractivity (Wildman–Crippen MR) is 52.7 cm³/mol. The van der Waals surface area contributed by atoms with Crippen LogP contribution < -0.4 is 5.73 Å². The molecule has 1 aromatic carbocycles. The van der Waals surface area contributed by atoms with E-state index in [1.165, 1.54) is 0 Å². The molecule has 72 valence electrons. The molecule has 0 aliphatic carbocycles. The summed E-state index contributed by atoms with van der Waals surface area (Å²) >= 11 is 2.97. The summed E-state index contributed by atoms with van der Waals surface area (Å²) in [5.41, 5.74) is 5.13. The molecule has 0 aliphatic rings. The number of carbonyl (C=O) groups is 1. The number of rotatable bonds is 1. The van der Waals surface area contributed by atoms with Gasteiger partial charge in [0.05, 0.1) is 5.56 Å². The number of anilines is 1. The number of carboxylic acid groups (broad SMARTS) is 1. The number of nitrogens with two attached hydrogens (primary N) is 1. The van der Waals surface area contributed by atoms with Crippen LogP contribution in [0.4, 0.5) is 10.1 Å². The molecule has 0 aliphatic heterocycles. The maximum absolute atomic E-state index is 12.8. The van der Waals surface area contributed by atoms with Gasteiger partial charge in [-0.25, -0.2) is 9.18 Å². The van der Waals surface area contributed by atoms with Gasteiger partial charge in [-0.15, -0.1) is 12.4 Å². The maximum atomic E-state index is 12.8. The largest absolute Gasteiger partial charge is 0.478 e. The van der Waals surface area contributed by atoms with Crippen LogP contribution in [0.5, 0.6) is 0 Å². The van der Waals surface area contributed by atoms with Crippen molar-refractivity contribution in [3.05, 3.63) is 28.0 Å². The lowest BCUT2D eigenvalue weighted by Gasteiger charge is -2.01. The summed E-state index contributed by atoms with van der Waals surface area (Å²) in [7, 11) is 0. The molecule has 3 nitrogen and oxygen atoms in total. The lowest BCUT2D eigenvalue weighted by atomic mass is 10.2. The van der Waals surface area contributed by atoms with E-state index in [1.807, 2.05) is 0 Å². The van der Waals surface area contributed by atoms with Gasteiger partial charge in [0.25, 0.3) is 0 Å². The first-order chi connectivity index (χ1) is 5.52. The van der Waals surface area contributed by atoms with E-state index in [0.717, 1.165) is 12.1 Å². The van der Waals surface area contributed by atoms with Gasteiger partial charge in [-0.3, -0.25) is 0 Å². The van der Waals surface area contributed by atoms with Crippen LogP contribution in [-0.4, -0.2) is 11.1 Å². The Morgan fingerprint density at radius 2 is 2.08 bits per heavy atom. The molecule has 0 aromatic heterocycles. The van der Waals surface area contributed by atoms with Gasteiger partial charge in [0.15, 0.2) is 0 Å². The minimum atomic E-state index is -1.33. The molecule has 0 saturated carbocycles. The molecule has 3 N–H and O–H groups in total. The van der Waals surface area contributed by atoms with E-state index in [2.05, 4.69) is 15.9 Å². The van der Waals surface area contributed by atoms with Gasteiger partial charge >= 0.3 is 5.97 Å². The zero-order valence-corrected chi connectivity index (χ0v) is 8.65. The molecule has 0 unspecified atom stereocenters. The smallest absolute Gasteiger partial charge is 0.338 e. The molecule has 0 amide bonds. The molecule has 0 atom stereocenters. The summed E-state index contributed by atoms with van der Waals surface area (Å²) in [6, 6.07) is 2.10. The number of aromatic carboxylic acids is 1. The Labute approximate surface area is 88.3 Å². The van der Waals surface area contributed by atoms with Crippen LogP contribution in [0.25, 0.3) is 0 Å². The van der Waals surface area contributed by atoms with Crippen LogP contribution in [0.15, 0.2) is 16.6 Å². The normalized spacial score (nSPS) is 9.08. The molecule has 0 bridgehead atoms. The number of hydrogen-bond acceptors (Lipinski definition) is 2. The Bertz CT molecular complexity index is 346. The Morgan fingerprint density at radius 1 is 1.54 bits per heavy atom. The van der Waals surface area contributed by atoms with E-state index in [-0.39, 0.29) is 18.1 Å². The average Bonchev–Trinajstić information content (AvgIpc) is 1.96. The molecule has 1 aromatic rings. The van der Waals surface area contributed by atoms with E-state index in [4.69, 9.17) is 10.8 Å². The monoisotopic (exact) mass is 269 g/mol. The molecular weight excluding hydrogens is 264 g/mol. The van der Waals surface area contributed by atoms with E-state index >= 15 is 0 Å². The molecule has 0 spiro atoms. The van der Waals surface area contributed by atoms with E-state index < -0.39 is 17.3 Å². The molecule has 13 heavy (non-hydrogen) atoms. The highest BCUT2D eigenvalue weighted by molar-refractivity contribution is 9.10. The summed E-state index contributed by atoms with van der Waals surface area (Å²) in [5, 5.41) is 8.47. The van der Waals surface area contributed by atoms with Gasteiger partial charge in [0.1, 0.15) is 5.82 Å². The second-order valence-electron chi connectivity index (χ2n) is 2.16. The number of hydrogen-bond donors (Lipinski definition) is 2. The molecule has 0 fully saturated rings. The van der Waals surface area contributed by atoms with Crippen molar-refractivity contribution in [3.8, 4) is 0 Å². The fourth-order valence-electron chi connectivity index (χ4n) is 0.730. The molecule has 0 radical (unpaired) electrons. The molecule has 0 heterocycles. The second-order valence-corrected chi connectivity index (χ2v) is 3.01. The van der Waals surface area contributed by atoms with Crippen LogP contribution >= 0.6 is 28.3 Å². The average molecular weight is 270 g/mol. The van der Waals surface area contributed by atoms with Crippen LogP contribution in [-0.2, 0) is 0 Å². The number of nitrogen functional groups attached to an aromatic ring is 1. The van der Waals surface area contributed by atoms with E-state index in [1.54, 1.807) is 0 Å². The Kier molecular flexibility index (Phi) is 4.16. The standard InChI is InChI=1S/C7H5BrFNO2.ClH/c8-4-2-5(9)3(7(11)12)1-6(4)10;/h1-2H,10H2,(H,11,12);1H. The van der Waals surface area contributed by atoms with E-state index in [9.17, 15) is 9.18 Å². The van der Waals surface area contributed by atoms with Gasteiger partial charge < -0.3 is 10.8 Å². The first-order valence-corrected chi connectivity index (χ1v) is 3.79. The van der Waals surface area contributed by atoms with Crippen molar-refractivity contribution < 1.29 is 14.3 Å². The summed E-state index contributed by atoms with van der Waals surface area (Å²) in [5.74, 6) is -2.13. The third-order valence-corrected chi connectivity index (χ3v) is 2.00. The zero-order chi connectivity index (χ0) is 9.30.